The number of hydrogen-bond acceptors (Lipinski definition) is 2. The normalized spacial score (nSPS) is 10.8. The van der Waals surface area contributed by atoms with E-state index in [4.69, 9.17) is 0 Å². The summed E-state index contributed by atoms with van der Waals surface area (Å²) in [5.74, 6) is 0.757. The zero-order chi connectivity index (χ0) is 13.5. The molecule has 4 nitrogen and oxygen atoms in total. The Labute approximate surface area is 136 Å². The van der Waals surface area contributed by atoms with Gasteiger partial charge >= 0.3 is 0 Å². The Morgan fingerprint density at radius 2 is 2.10 bits per heavy atom. The third kappa shape index (κ3) is 4.19. The summed E-state index contributed by atoms with van der Waals surface area (Å²) in [5.41, 5.74) is 2.18. The first-order valence-electron chi connectivity index (χ1n) is 6.23. The second-order valence-electron chi connectivity index (χ2n) is 4.09. The van der Waals surface area contributed by atoms with E-state index >= 15 is 0 Å². The summed E-state index contributed by atoms with van der Waals surface area (Å²) < 4.78 is 0. The molecule has 1 aromatic carbocycles. The lowest BCUT2D eigenvalue weighted by Crippen LogP contribution is -2.36. The number of hydrogen-bond donors (Lipinski definition) is 2. The van der Waals surface area contributed by atoms with Crippen LogP contribution in [0.15, 0.2) is 54.2 Å². The van der Waals surface area contributed by atoms with Crippen LogP contribution in [0.25, 0.3) is 10.9 Å². The first-order valence-corrected chi connectivity index (χ1v) is 6.23. The Morgan fingerprint density at radius 3 is 2.85 bits per heavy atom. The van der Waals surface area contributed by atoms with E-state index in [1.54, 1.807) is 13.1 Å². The summed E-state index contributed by atoms with van der Waals surface area (Å²) in [7, 11) is 1.75. The molecule has 1 aromatic heterocycles. The molecule has 0 aliphatic carbocycles. The van der Waals surface area contributed by atoms with Gasteiger partial charge in [-0.1, -0.05) is 30.3 Å². The van der Waals surface area contributed by atoms with Crippen molar-refractivity contribution in [3.05, 3.63) is 54.7 Å². The Kier molecular flexibility index (Phi) is 7.00. The number of para-hydroxylation sites is 1. The summed E-state index contributed by atoms with van der Waals surface area (Å²) in [6.45, 7) is 5.04. The maximum absolute atomic E-state index is 4.43. The molecule has 0 saturated carbocycles. The van der Waals surface area contributed by atoms with Crippen LogP contribution in [0, 0.1) is 0 Å². The fourth-order valence-electron chi connectivity index (χ4n) is 1.88. The molecule has 0 aliphatic heterocycles. The number of fused-ring (bicyclic) bond motifs is 1. The molecular weight excluding hydrogens is 363 g/mol. The lowest BCUT2D eigenvalue weighted by Gasteiger charge is -2.11. The van der Waals surface area contributed by atoms with E-state index in [1.807, 2.05) is 18.3 Å². The van der Waals surface area contributed by atoms with Crippen molar-refractivity contribution < 1.29 is 0 Å². The SMILES string of the molecule is C=CCNC(=NC)NCc1cccc2cccnc12.I. The Hall–Kier alpha value is -1.63. The zero-order valence-electron chi connectivity index (χ0n) is 11.5. The molecule has 1 heterocycles. The van der Waals surface area contributed by atoms with Crippen molar-refractivity contribution in [2.45, 2.75) is 6.54 Å². The van der Waals surface area contributed by atoms with Crippen LogP contribution in [0.1, 0.15) is 5.56 Å². The molecule has 0 fully saturated rings. The standard InChI is InChI=1S/C15H18N4.HI/c1-3-9-18-15(16-2)19-11-13-7-4-6-12-8-5-10-17-14(12)13;/h3-8,10H,1,9,11H2,2H3,(H2,16,18,19);1H. The molecule has 2 aromatic rings. The highest BCUT2D eigenvalue weighted by atomic mass is 127. The first kappa shape index (κ1) is 16.4. The monoisotopic (exact) mass is 382 g/mol. The minimum atomic E-state index is 0. The van der Waals surface area contributed by atoms with Gasteiger partial charge in [-0.3, -0.25) is 9.98 Å². The van der Waals surface area contributed by atoms with Gasteiger partial charge in [0.2, 0.25) is 0 Å². The molecule has 2 N–H and O–H groups in total. The maximum Gasteiger partial charge on any atom is 0.191 e. The van der Waals surface area contributed by atoms with E-state index in [1.165, 1.54) is 0 Å². The smallest absolute Gasteiger partial charge is 0.191 e. The predicted octanol–water partition coefficient (Wildman–Crippen LogP) is 2.70. The number of rotatable bonds is 4. The molecule has 0 radical (unpaired) electrons. The number of aliphatic imine (C=N–C) groups is 1. The summed E-state index contributed by atoms with van der Waals surface area (Å²) in [6.07, 6.45) is 3.61. The minimum absolute atomic E-state index is 0. The molecule has 0 atom stereocenters. The van der Waals surface area contributed by atoms with Crippen molar-refractivity contribution in [1.29, 1.82) is 0 Å². The highest BCUT2D eigenvalue weighted by Gasteiger charge is 2.02. The lowest BCUT2D eigenvalue weighted by atomic mass is 10.1. The lowest BCUT2D eigenvalue weighted by molar-refractivity contribution is 0.850. The van der Waals surface area contributed by atoms with Crippen LogP contribution in [0.3, 0.4) is 0 Å². The zero-order valence-corrected chi connectivity index (χ0v) is 13.8. The molecule has 5 heteroatoms. The van der Waals surface area contributed by atoms with Crippen molar-refractivity contribution in [3.63, 3.8) is 0 Å². The Morgan fingerprint density at radius 1 is 1.30 bits per heavy atom. The van der Waals surface area contributed by atoms with E-state index in [0.29, 0.717) is 13.1 Å². The fraction of sp³-hybridized carbons (Fsp3) is 0.200. The Bertz CT molecular complexity index is 590. The second kappa shape index (κ2) is 8.52. The van der Waals surface area contributed by atoms with Crippen molar-refractivity contribution in [2.75, 3.05) is 13.6 Å². The first-order chi connectivity index (χ1) is 9.35. The quantitative estimate of drug-likeness (QED) is 0.370. The van der Waals surface area contributed by atoms with Crippen LogP contribution >= 0.6 is 24.0 Å². The van der Waals surface area contributed by atoms with Crippen molar-refractivity contribution in [3.8, 4) is 0 Å². The molecule has 0 aliphatic rings. The summed E-state index contributed by atoms with van der Waals surface area (Å²) in [5, 5.41) is 7.55. The molecular formula is C15H19IN4. The topological polar surface area (TPSA) is 49.3 Å². The Balaban J connectivity index is 0.00000200. The number of guanidine groups is 1. The van der Waals surface area contributed by atoms with Crippen LogP contribution in [0.2, 0.25) is 0 Å². The van der Waals surface area contributed by atoms with Crippen molar-refractivity contribution >= 4 is 40.8 Å². The predicted molar refractivity (Wildman–Crippen MR) is 95.6 cm³/mol. The minimum Gasteiger partial charge on any atom is -0.353 e. The van der Waals surface area contributed by atoms with Crippen LogP contribution < -0.4 is 10.6 Å². The van der Waals surface area contributed by atoms with Gasteiger partial charge in [0.15, 0.2) is 5.96 Å². The second-order valence-corrected chi connectivity index (χ2v) is 4.09. The molecule has 0 saturated heterocycles. The highest BCUT2D eigenvalue weighted by Crippen LogP contribution is 2.15. The highest BCUT2D eigenvalue weighted by molar-refractivity contribution is 14.0. The third-order valence-corrected chi connectivity index (χ3v) is 2.80. The van der Waals surface area contributed by atoms with Crippen LogP contribution in [-0.2, 0) is 6.54 Å². The van der Waals surface area contributed by atoms with Gasteiger partial charge < -0.3 is 10.6 Å². The number of pyridine rings is 1. The molecule has 106 valence electrons. The van der Waals surface area contributed by atoms with Gasteiger partial charge in [0, 0.05) is 31.7 Å². The van der Waals surface area contributed by atoms with Gasteiger partial charge in [-0.2, -0.15) is 0 Å². The number of benzene rings is 1. The number of halogens is 1. The van der Waals surface area contributed by atoms with E-state index < -0.39 is 0 Å². The molecule has 0 amide bonds. The van der Waals surface area contributed by atoms with Crippen LogP contribution in [-0.4, -0.2) is 24.5 Å². The molecule has 20 heavy (non-hydrogen) atoms. The largest absolute Gasteiger partial charge is 0.353 e. The van der Waals surface area contributed by atoms with Gasteiger partial charge in [-0.05, 0) is 11.6 Å². The van der Waals surface area contributed by atoms with Gasteiger partial charge in [0.05, 0.1) is 5.52 Å². The third-order valence-electron chi connectivity index (χ3n) is 2.80. The summed E-state index contributed by atoms with van der Waals surface area (Å²) in [6, 6.07) is 10.2. The summed E-state index contributed by atoms with van der Waals surface area (Å²) >= 11 is 0. The fourth-order valence-corrected chi connectivity index (χ4v) is 1.88. The van der Waals surface area contributed by atoms with E-state index in [0.717, 1.165) is 22.4 Å². The van der Waals surface area contributed by atoms with Crippen LogP contribution in [0.5, 0.6) is 0 Å². The number of nitrogens with zero attached hydrogens (tertiary/aromatic N) is 2. The average molecular weight is 382 g/mol. The summed E-state index contributed by atoms with van der Waals surface area (Å²) in [4.78, 5) is 8.58. The number of nitrogens with one attached hydrogen (secondary N) is 2. The van der Waals surface area contributed by atoms with Crippen molar-refractivity contribution in [2.24, 2.45) is 4.99 Å². The van der Waals surface area contributed by atoms with E-state index in [-0.39, 0.29) is 24.0 Å². The van der Waals surface area contributed by atoms with E-state index in [2.05, 4.69) is 45.4 Å². The van der Waals surface area contributed by atoms with Gasteiger partial charge in [0.1, 0.15) is 0 Å². The molecule has 0 unspecified atom stereocenters. The maximum atomic E-state index is 4.43. The number of aromatic nitrogens is 1. The van der Waals surface area contributed by atoms with Gasteiger partial charge in [-0.25, -0.2) is 0 Å². The molecule has 0 bridgehead atoms. The van der Waals surface area contributed by atoms with Crippen LogP contribution in [0.4, 0.5) is 0 Å². The van der Waals surface area contributed by atoms with Gasteiger partial charge in [0.25, 0.3) is 0 Å². The molecule has 0 spiro atoms. The molecule has 2 rings (SSSR count). The van der Waals surface area contributed by atoms with Crippen molar-refractivity contribution in [1.82, 2.24) is 15.6 Å². The van der Waals surface area contributed by atoms with Gasteiger partial charge in [-0.15, -0.1) is 30.6 Å². The van der Waals surface area contributed by atoms with E-state index in [9.17, 15) is 0 Å². The average Bonchev–Trinajstić information content (AvgIpc) is 2.47.